The lowest BCUT2D eigenvalue weighted by atomic mass is 10.2. The number of nitrogens with zero attached hydrogens (tertiary/aromatic N) is 4. The third kappa shape index (κ3) is 9.17. The highest BCUT2D eigenvalue weighted by molar-refractivity contribution is 5.90. The number of rotatable bonds is 12. The van der Waals surface area contributed by atoms with Gasteiger partial charge in [-0.2, -0.15) is 10.1 Å². The van der Waals surface area contributed by atoms with Crippen LogP contribution in [0.2, 0.25) is 0 Å². The Morgan fingerprint density at radius 2 is 1.81 bits per heavy atom. The maximum atomic E-state index is 12.5. The van der Waals surface area contributed by atoms with Crippen molar-refractivity contribution in [2.45, 2.75) is 19.9 Å². The molecule has 2 aromatic heterocycles. The second kappa shape index (κ2) is 13.5. The van der Waals surface area contributed by atoms with E-state index in [1.807, 2.05) is 31.2 Å². The van der Waals surface area contributed by atoms with Gasteiger partial charge in [-0.3, -0.25) is 19.6 Å². The molecule has 3 aromatic rings. The number of hydrogen-bond donors (Lipinski definition) is 2. The van der Waals surface area contributed by atoms with E-state index >= 15 is 0 Å². The fourth-order valence-electron chi connectivity index (χ4n) is 3.03. The summed E-state index contributed by atoms with van der Waals surface area (Å²) < 4.78 is 17.1. The van der Waals surface area contributed by atoms with E-state index in [0.29, 0.717) is 18.8 Å². The van der Waals surface area contributed by atoms with Crippen LogP contribution in [0.5, 0.6) is 11.6 Å². The second-order valence-corrected chi connectivity index (χ2v) is 8.03. The van der Waals surface area contributed by atoms with E-state index in [9.17, 15) is 14.4 Å². The van der Waals surface area contributed by atoms with Crippen LogP contribution in [0.1, 0.15) is 12.0 Å². The van der Waals surface area contributed by atoms with E-state index in [-0.39, 0.29) is 43.1 Å². The molecule has 0 aliphatic heterocycles. The normalized spacial score (nSPS) is 10.4. The molecular formula is C25H30N6O6. The van der Waals surface area contributed by atoms with Crippen LogP contribution in [0.25, 0.3) is 0 Å². The summed E-state index contributed by atoms with van der Waals surface area (Å²) in [4.78, 5) is 41.6. The van der Waals surface area contributed by atoms with Crippen molar-refractivity contribution in [3.63, 3.8) is 0 Å². The second-order valence-electron chi connectivity index (χ2n) is 8.03. The molecule has 2 N–H and O–H groups in total. The summed E-state index contributed by atoms with van der Waals surface area (Å²) in [6, 6.07) is 12.5. The van der Waals surface area contributed by atoms with Gasteiger partial charge in [-0.25, -0.2) is 4.79 Å². The Labute approximate surface area is 214 Å². The molecule has 3 rings (SSSR count). The van der Waals surface area contributed by atoms with Gasteiger partial charge < -0.3 is 24.4 Å². The quantitative estimate of drug-likeness (QED) is 0.380. The predicted molar refractivity (Wildman–Crippen MR) is 136 cm³/mol. The lowest BCUT2D eigenvalue weighted by Gasteiger charge is -2.17. The number of carbonyl (C=O) groups excluding carboxylic acids is 3. The van der Waals surface area contributed by atoms with Crippen LogP contribution in [0.15, 0.2) is 54.9 Å². The van der Waals surface area contributed by atoms with E-state index in [1.54, 1.807) is 36.3 Å². The molecule has 0 aliphatic carbocycles. The summed E-state index contributed by atoms with van der Waals surface area (Å²) in [6.45, 7) is 2.90. The topological polar surface area (TPSA) is 137 Å². The lowest BCUT2D eigenvalue weighted by Crippen LogP contribution is -2.33. The molecule has 0 unspecified atom stereocenters. The smallest absolute Gasteiger partial charge is 0.412 e. The first-order valence-electron chi connectivity index (χ1n) is 11.5. The minimum Gasteiger partial charge on any atom is -0.492 e. The number of methoxy groups -OCH3 is 1. The third-order valence-corrected chi connectivity index (χ3v) is 5.07. The zero-order valence-corrected chi connectivity index (χ0v) is 21.0. The average molecular weight is 511 g/mol. The molecule has 196 valence electrons. The molecular weight excluding hydrogens is 480 g/mol. The molecule has 1 aromatic carbocycles. The first-order chi connectivity index (χ1) is 17.8. The number of benzene rings is 1. The van der Waals surface area contributed by atoms with Crippen LogP contribution < -0.4 is 20.1 Å². The fourth-order valence-corrected chi connectivity index (χ4v) is 3.03. The zero-order valence-electron chi connectivity index (χ0n) is 21.0. The standard InChI is InChI=1S/C25H30N6O6/c1-18-7-9-20(10-8-18)36-14-12-30(2)24(33)17-31-16-19(15-26-31)27-22(32)11-13-37-23-6-4-5-21(28-23)29-25(34)35-3/h4-10,15-16H,11-14,17H2,1-3H3,(H,27,32)(H,28,29,34). The highest BCUT2D eigenvalue weighted by Crippen LogP contribution is 2.13. The number of aromatic nitrogens is 3. The zero-order chi connectivity index (χ0) is 26.6. The highest BCUT2D eigenvalue weighted by atomic mass is 16.5. The van der Waals surface area contributed by atoms with Crippen molar-refractivity contribution in [3.8, 4) is 11.6 Å². The van der Waals surface area contributed by atoms with E-state index in [2.05, 4.69) is 25.5 Å². The Kier molecular flexibility index (Phi) is 9.82. The van der Waals surface area contributed by atoms with E-state index in [0.717, 1.165) is 11.3 Å². The summed E-state index contributed by atoms with van der Waals surface area (Å²) in [5, 5.41) is 9.28. The highest BCUT2D eigenvalue weighted by Gasteiger charge is 2.12. The van der Waals surface area contributed by atoms with Crippen molar-refractivity contribution >= 4 is 29.4 Å². The minimum absolute atomic E-state index is 0.0294. The fraction of sp³-hybridized carbons (Fsp3) is 0.320. The molecule has 0 bridgehead atoms. The summed E-state index contributed by atoms with van der Waals surface area (Å²) in [5.74, 6) is 0.838. The van der Waals surface area contributed by atoms with Gasteiger partial charge in [0.1, 0.15) is 24.7 Å². The lowest BCUT2D eigenvalue weighted by molar-refractivity contribution is -0.131. The molecule has 0 aliphatic rings. The molecule has 0 saturated carbocycles. The van der Waals surface area contributed by atoms with Crippen LogP contribution in [0, 0.1) is 6.92 Å². The number of pyridine rings is 1. The van der Waals surface area contributed by atoms with Crippen molar-refractivity contribution in [1.82, 2.24) is 19.7 Å². The summed E-state index contributed by atoms with van der Waals surface area (Å²) in [6.07, 6.45) is 2.46. The Morgan fingerprint density at radius 3 is 2.57 bits per heavy atom. The molecule has 2 heterocycles. The van der Waals surface area contributed by atoms with Crippen molar-refractivity contribution in [2.75, 3.05) is 44.5 Å². The Bertz CT molecular complexity index is 1200. The van der Waals surface area contributed by atoms with Gasteiger partial charge in [0.05, 0.1) is 38.6 Å². The predicted octanol–water partition coefficient (Wildman–Crippen LogP) is 2.71. The molecule has 12 nitrogen and oxygen atoms in total. The third-order valence-electron chi connectivity index (χ3n) is 5.07. The molecule has 0 spiro atoms. The number of anilines is 2. The van der Waals surface area contributed by atoms with Crippen LogP contribution >= 0.6 is 0 Å². The summed E-state index contributed by atoms with van der Waals surface area (Å²) >= 11 is 0. The van der Waals surface area contributed by atoms with Gasteiger partial charge in [0.15, 0.2) is 0 Å². The van der Waals surface area contributed by atoms with Crippen molar-refractivity contribution in [3.05, 3.63) is 60.4 Å². The molecule has 0 fully saturated rings. The maximum Gasteiger partial charge on any atom is 0.412 e. The number of amides is 3. The van der Waals surface area contributed by atoms with E-state index < -0.39 is 6.09 Å². The average Bonchev–Trinajstić information content (AvgIpc) is 3.31. The number of carbonyl (C=O) groups is 3. The number of ether oxygens (including phenoxy) is 3. The number of aryl methyl sites for hydroxylation is 1. The summed E-state index contributed by atoms with van der Waals surface area (Å²) in [5.41, 5.74) is 1.61. The van der Waals surface area contributed by atoms with Gasteiger partial charge in [-0.1, -0.05) is 23.8 Å². The molecule has 0 atom stereocenters. The number of hydrogen-bond acceptors (Lipinski definition) is 8. The molecule has 0 saturated heterocycles. The van der Waals surface area contributed by atoms with E-state index in [4.69, 9.17) is 9.47 Å². The minimum atomic E-state index is -0.648. The van der Waals surface area contributed by atoms with Crippen LogP contribution in [-0.4, -0.2) is 71.5 Å². The van der Waals surface area contributed by atoms with Gasteiger partial charge in [0.25, 0.3) is 0 Å². The monoisotopic (exact) mass is 510 g/mol. The van der Waals surface area contributed by atoms with Crippen molar-refractivity contribution in [1.29, 1.82) is 0 Å². The Hall–Kier alpha value is -4.61. The van der Waals surface area contributed by atoms with Gasteiger partial charge in [-0.15, -0.1) is 0 Å². The first-order valence-corrected chi connectivity index (χ1v) is 11.5. The van der Waals surface area contributed by atoms with Gasteiger partial charge in [0, 0.05) is 19.3 Å². The molecule has 12 heteroatoms. The van der Waals surface area contributed by atoms with Gasteiger partial charge in [-0.05, 0) is 25.1 Å². The first kappa shape index (κ1) is 27.0. The van der Waals surface area contributed by atoms with Gasteiger partial charge in [0.2, 0.25) is 17.7 Å². The Balaban J connectivity index is 1.36. The van der Waals surface area contributed by atoms with Crippen molar-refractivity contribution in [2.24, 2.45) is 0 Å². The molecule has 3 amide bonds. The number of nitrogens with one attached hydrogen (secondary N) is 2. The van der Waals surface area contributed by atoms with E-state index in [1.165, 1.54) is 18.0 Å². The summed E-state index contributed by atoms with van der Waals surface area (Å²) in [7, 11) is 2.95. The number of likely N-dealkylation sites (N-methyl/N-ethyl adjacent to an activating group) is 1. The Morgan fingerprint density at radius 1 is 1.03 bits per heavy atom. The van der Waals surface area contributed by atoms with Gasteiger partial charge >= 0.3 is 6.09 Å². The maximum absolute atomic E-state index is 12.5. The van der Waals surface area contributed by atoms with Crippen LogP contribution in [0.4, 0.5) is 16.3 Å². The van der Waals surface area contributed by atoms with Crippen molar-refractivity contribution < 1.29 is 28.6 Å². The van der Waals surface area contributed by atoms with Crippen LogP contribution in [-0.2, 0) is 20.9 Å². The SMILES string of the molecule is COC(=O)Nc1cccc(OCCC(=O)Nc2cnn(CC(=O)N(C)CCOc3ccc(C)cc3)c2)n1. The van der Waals surface area contributed by atoms with Crippen LogP contribution in [0.3, 0.4) is 0 Å². The largest absolute Gasteiger partial charge is 0.492 e. The molecule has 0 radical (unpaired) electrons. The molecule has 37 heavy (non-hydrogen) atoms.